The van der Waals surface area contributed by atoms with E-state index in [4.69, 9.17) is 9.47 Å². The van der Waals surface area contributed by atoms with Crippen LogP contribution in [0.3, 0.4) is 0 Å². The fraction of sp³-hybridized carbons (Fsp3) is 0.474. The molecule has 0 N–H and O–H groups in total. The minimum absolute atomic E-state index is 0.0178. The number of hydrogen-bond donors (Lipinski definition) is 0. The Hall–Kier alpha value is -2.54. The van der Waals surface area contributed by atoms with E-state index in [1.807, 2.05) is 29.2 Å². The normalized spacial score (nSPS) is 20.7. The van der Waals surface area contributed by atoms with E-state index in [0.29, 0.717) is 18.8 Å². The maximum Gasteiger partial charge on any atom is 0.272 e. The van der Waals surface area contributed by atoms with Crippen LogP contribution in [0.25, 0.3) is 0 Å². The molecule has 3 heterocycles. The summed E-state index contributed by atoms with van der Waals surface area (Å²) < 4.78 is 13.5. The lowest BCUT2D eigenvalue weighted by molar-refractivity contribution is 0.0587. The van der Waals surface area contributed by atoms with Gasteiger partial charge in [0.25, 0.3) is 5.91 Å². The number of fused-ring (bicyclic) bond motifs is 1. The highest BCUT2D eigenvalue weighted by molar-refractivity contribution is 5.92. The maximum absolute atomic E-state index is 12.7. The molecule has 138 valence electrons. The molecule has 0 spiro atoms. The number of benzene rings is 1. The lowest BCUT2D eigenvalue weighted by Crippen LogP contribution is -2.42. The predicted octanol–water partition coefficient (Wildman–Crippen LogP) is 1.41. The van der Waals surface area contributed by atoms with Crippen molar-refractivity contribution in [3.63, 3.8) is 0 Å². The average molecular weight is 356 g/mol. The molecule has 7 nitrogen and oxygen atoms in total. The monoisotopic (exact) mass is 356 g/mol. The smallest absolute Gasteiger partial charge is 0.272 e. The van der Waals surface area contributed by atoms with Crippen LogP contribution in [-0.2, 0) is 7.05 Å². The summed E-state index contributed by atoms with van der Waals surface area (Å²) in [6, 6.07) is 9.55. The van der Waals surface area contributed by atoms with Crippen LogP contribution in [-0.4, -0.2) is 70.9 Å². The van der Waals surface area contributed by atoms with Crippen molar-refractivity contribution in [2.75, 3.05) is 39.3 Å². The van der Waals surface area contributed by atoms with Crippen LogP contribution in [0.5, 0.6) is 11.5 Å². The van der Waals surface area contributed by atoms with Gasteiger partial charge in [-0.15, -0.1) is 0 Å². The predicted molar refractivity (Wildman–Crippen MR) is 96.5 cm³/mol. The van der Waals surface area contributed by atoms with Gasteiger partial charge in [0.05, 0.1) is 0 Å². The topological polar surface area (TPSA) is 59.8 Å². The molecule has 1 atom stereocenters. The van der Waals surface area contributed by atoms with Crippen molar-refractivity contribution in [3.05, 3.63) is 42.2 Å². The largest absolute Gasteiger partial charge is 0.486 e. The second-order valence-corrected chi connectivity index (χ2v) is 6.78. The van der Waals surface area contributed by atoms with Gasteiger partial charge in [0, 0.05) is 46.0 Å². The van der Waals surface area contributed by atoms with Crippen LogP contribution >= 0.6 is 0 Å². The van der Waals surface area contributed by atoms with Gasteiger partial charge < -0.3 is 14.4 Å². The van der Waals surface area contributed by atoms with Crippen LogP contribution in [0.1, 0.15) is 16.9 Å². The van der Waals surface area contributed by atoms with Crippen LogP contribution in [0, 0.1) is 0 Å². The molecule has 0 bridgehead atoms. The van der Waals surface area contributed by atoms with Gasteiger partial charge in [-0.05, 0) is 24.6 Å². The van der Waals surface area contributed by atoms with Crippen molar-refractivity contribution in [2.45, 2.75) is 12.5 Å². The fourth-order valence-corrected chi connectivity index (χ4v) is 3.54. The van der Waals surface area contributed by atoms with Crippen molar-refractivity contribution >= 4 is 5.91 Å². The van der Waals surface area contributed by atoms with E-state index in [-0.39, 0.29) is 12.0 Å². The summed E-state index contributed by atoms with van der Waals surface area (Å²) in [5.41, 5.74) is 0.638. The Morgan fingerprint density at radius 1 is 1.15 bits per heavy atom. The minimum atomic E-state index is 0.0178. The molecule has 1 aromatic heterocycles. The first-order valence-electron chi connectivity index (χ1n) is 9.09. The van der Waals surface area contributed by atoms with Crippen LogP contribution in [0.4, 0.5) is 0 Å². The Bertz CT molecular complexity index is 776. The van der Waals surface area contributed by atoms with Gasteiger partial charge in [-0.2, -0.15) is 5.10 Å². The Morgan fingerprint density at radius 2 is 2.00 bits per heavy atom. The number of rotatable bonds is 3. The van der Waals surface area contributed by atoms with Crippen LogP contribution in [0.2, 0.25) is 0 Å². The molecule has 2 aliphatic rings. The molecule has 2 aromatic rings. The molecule has 4 rings (SSSR count). The third-order valence-electron chi connectivity index (χ3n) is 4.95. The van der Waals surface area contributed by atoms with Gasteiger partial charge in [-0.3, -0.25) is 14.4 Å². The first-order chi connectivity index (χ1) is 12.7. The molecule has 1 fully saturated rings. The zero-order valence-corrected chi connectivity index (χ0v) is 15.0. The Labute approximate surface area is 153 Å². The number of aromatic nitrogens is 2. The van der Waals surface area contributed by atoms with Crippen LogP contribution < -0.4 is 9.47 Å². The zero-order chi connectivity index (χ0) is 17.9. The molecule has 0 radical (unpaired) electrons. The molecule has 0 saturated carbocycles. The quantitative estimate of drug-likeness (QED) is 0.832. The minimum Gasteiger partial charge on any atom is -0.486 e. The zero-order valence-electron chi connectivity index (χ0n) is 15.0. The Balaban J connectivity index is 1.33. The van der Waals surface area contributed by atoms with E-state index in [9.17, 15) is 4.79 Å². The molecular formula is C19H24N4O3. The van der Waals surface area contributed by atoms with Crippen molar-refractivity contribution in [3.8, 4) is 11.5 Å². The molecule has 26 heavy (non-hydrogen) atoms. The second kappa shape index (κ2) is 7.37. The summed E-state index contributed by atoms with van der Waals surface area (Å²) in [4.78, 5) is 17.0. The number of aryl methyl sites for hydroxylation is 1. The number of nitrogens with zero attached hydrogens (tertiary/aromatic N) is 4. The second-order valence-electron chi connectivity index (χ2n) is 6.78. The molecule has 7 heteroatoms. The van der Waals surface area contributed by atoms with E-state index in [0.717, 1.165) is 44.1 Å². The van der Waals surface area contributed by atoms with E-state index in [1.165, 1.54) is 0 Å². The molecule has 1 unspecified atom stereocenters. The number of carbonyl (C=O) groups is 1. The van der Waals surface area contributed by atoms with Gasteiger partial charge in [0.2, 0.25) is 0 Å². The highest BCUT2D eigenvalue weighted by atomic mass is 16.6. The number of hydrogen-bond acceptors (Lipinski definition) is 5. The third kappa shape index (κ3) is 3.53. The first-order valence-corrected chi connectivity index (χ1v) is 9.09. The number of ether oxygens (including phenoxy) is 2. The molecule has 1 saturated heterocycles. The Kier molecular flexibility index (Phi) is 4.79. The highest BCUT2D eigenvalue weighted by Gasteiger charge is 2.26. The van der Waals surface area contributed by atoms with E-state index >= 15 is 0 Å². The highest BCUT2D eigenvalue weighted by Crippen LogP contribution is 2.31. The number of amides is 1. The molecule has 0 aliphatic carbocycles. The van der Waals surface area contributed by atoms with E-state index < -0.39 is 0 Å². The van der Waals surface area contributed by atoms with Crippen LogP contribution in [0.15, 0.2) is 36.5 Å². The average Bonchev–Trinajstić information content (AvgIpc) is 2.95. The van der Waals surface area contributed by atoms with E-state index in [1.54, 1.807) is 24.0 Å². The first kappa shape index (κ1) is 16.9. The van der Waals surface area contributed by atoms with Gasteiger partial charge in [-0.25, -0.2) is 0 Å². The summed E-state index contributed by atoms with van der Waals surface area (Å²) in [6.07, 6.45) is 2.63. The molecular weight excluding hydrogens is 332 g/mol. The summed E-state index contributed by atoms with van der Waals surface area (Å²) in [5, 5.41) is 4.10. The van der Waals surface area contributed by atoms with Gasteiger partial charge in [-0.1, -0.05) is 12.1 Å². The number of para-hydroxylation sites is 2. The molecule has 1 aromatic carbocycles. The summed E-state index contributed by atoms with van der Waals surface area (Å²) in [5.74, 6) is 1.68. The SMILES string of the molecule is Cn1nccc1C(=O)N1CCCN(CC2COc3ccccc3O2)CC1. The van der Waals surface area contributed by atoms with Crippen molar-refractivity contribution < 1.29 is 14.3 Å². The summed E-state index contributed by atoms with van der Waals surface area (Å²) in [6.45, 7) is 4.65. The van der Waals surface area contributed by atoms with Gasteiger partial charge in [0.15, 0.2) is 11.5 Å². The fourth-order valence-electron chi connectivity index (χ4n) is 3.54. The standard InChI is InChI=1S/C19H24N4O3/c1-21-16(7-8-20-21)19(24)23-10-4-9-22(11-12-23)13-15-14-25-17-5-2-3-6-18(17)26-15/h2-3,5-8,15H,4,9-14H2,1H3. The summed E-state index contributed by atoms with van der Waals surface area (Å²) in [7, 11) is 1.80. The lowest BCUT2D eigenvalue weighted by Gasteiger charge is -2.30. The summed E-state index contributed by atoms with van der Waals surface area (Å²) >= 11 is 0. The third-order valence-corrected chi connectivity index (χ3v) is 4.95. The van der Waals surface area contributed by atoms with Crippen molar-refractivity contribution in [1.82, 2.24) is 19.6 Å². The van der Waals surface area contributed by atoms with Gasteiger partial charge in [0.1, 0.15) is 18.4 Å². The van der Waals surface area contributed by atoms with Crippen molar-refractivity contribution in [1.29, 1.82) is 0 Å². The molecule has 1 amide bonds. The lowest BCUT2D eigenvalue weighted by atomic mass is 10.2. The Morgan fingerprint density at radius 3 is 2.81 bits per heavy atom. The number of carbonyl (C=O) groups excluding carboxylic acids is 1. The van der Waals surface area contributed by atoms with Gasteiger partial charge >= 0.3 is 0 Å². The van der Waals surface area contributed by atoms with Crippen molar-refractivity contribution in [2.24, 2.45) is 7.05 Å². The maximum atomic E-state index is 12.7. The molecule has 2 aliphatic heterocycles. The van der Waals surface area contributed by atoms with E-state index in [2.05, 4.69) is 10.00 Å².